The van der Waals surface area contributed by atoms with Gasteiger partial charge < -0.3 is 23.9 Å². The Kier molecular flexibility index (Phi) is 3.25. The van der Waals surface area contributed by atoms with E-state index in [1.807, 2.05) is 24.3 Å². The van der Waals surface area contributed by atoms with Crippen LogP contribution in [0.4, 0.5) is 0 Å². The van der Waals surface area contributed by atoms with Gasteiger partial charge in [0, 0.05) is 10.9 Å². The van der Waals surface area contributed by atoms with Gasteiger partial charge in [-0.1, -0.05) is 18.2 Å². The summed E-state index contributed by atoms with van der Waals surface area (Å²) < 4.78 is 22.0. The molecule has 0 fully saturated rings. The van der Waals surface area contributed by atoms with E-state index in [2.05, 4.69) is 4.98 Å². The molecule has 0 aliphatic carbocycles. The number of aromatic amines is 1. The highest BCUT2D eigenvalue weighted by Gasteiger charge is 2.25. The molecule has 0 radical (unpaired) electrons. The fourth-order valence-corrected chi connectivity index (χ4v) is 2.74. The molecule has 2 aromatic carbocycles. The molecular formula is C16H17NO4. The van der Waals surface area contributed by atoms with Crippen LogP contribution < -0.4 is 18.9 Å². The number of fused-ring (bicyclic) bond motifs is 3. The quantitative estimate of drug-likeness (QED) is 0.799. The van der Waals surface area contributed by atoms with Gasteiger partial charge in [-0.2, -0.15) is 0 Å². The predicted molar refractivity (Wildman–Crippen MR) is 82.0 cm³/mol. The second-order valence-electron chi connectivity index (χ2n) is 4.55. The fourth-order valence-electron chi connectivity index (χ4n) is 2.74. The van der Waals surface area contributed by atoms with Crippen LogP contribution in [0, 0.1) is 0 Å². The summed E-state index contributed by atoms with van der Waals surface area (Å²) in [5, 5.41) is 1.96. The molecule has 110 valence electrons. The third kappa shape index (κ3) is 1.77. The maximum absolute atomic E-state index is 5.58. The molecule has 0 bridgehead atoms. The van der Waals surface area contributed by atoms with Crippen molar-refractivity contribution >= 4 is 21.8 Å². The van der Waals surface area contributed by atoms with Crippen molar-refractivity contribution in [3.63, 3.8) is 0 Å². The van der Waals surface area contributed by atoms with E-state index in [9.17, 15) is 0 Å². The van der Waals surface area contributed by atoms with Gasteiger partial charge in [0.25, 0.3) is 0 Å². The summed E-state index contributed by atoms with van der Waals surface area (Å²) in [6, 6.07) is 8.00. The molecule has 3 aromatic rings. The van der Waals surface area contributed by atoms with Crippen molar-refractivity contribution in [3.05, 3.63) is 24.3 Å². The molecule has 1 heterocycles. The van der Waals surface area contributed by atoms with Crippen LogP contribution in [0.25, 0.3) is 21.8 Å². The van der Waals surface area contributed by atoms with E-state index in [0.29, 0.717) is 23.0 Å². The van der Waals surface area contributed by atoms with Crippen LogP contribution >= 0.6 is 0 Å². The average molecular weight is 287 g/mol. The summed E-state index contributed by atoms with van der Waals surface area (Å²) in [5.74, 6) is 2.26. The highest BCUT2D eigenvalue weighted by molar-refractivity contribution is 6.14. The van der Waals surface area contributed by atoms with Crippen molar-refractivity contribution in [2.45, 2.75) is 0 Å². The normalized spacial score (nSPS) is 10.9. The Hall–Kier alpha value is -2.56. The van der Waals surface area contributed by atoms with Crippen molar-refractivity contribution in [2.24, 2.45) is 0 Å². The third-order valence-corrected chi connectivity index (χ3v) is 3.60. The van der Waals surface area contributed by atoms with Gasteiger partial charge in [0.15, 0.2) is 11.5 Å². The zero-order chi connectivity index (χ0) is 15.0. The van der Waals surface area contributed by atoms with E-state index < -0.39 is 0 Å². The topological polar surface area (TPSA) is 52.7 Å². The lowest BCUT2D eigenvalue weighted by molar-refractivity contribution is 0.309. The first kappa shape index (κ1) is 13.4. The van der Waals surface area contributed by atoms with Crippen LogP contribution in [0.2, 0.25) is 0 Å². The Balaban J connectivity index is 2.58. The van der Waals surface area contributed by atoms with E-state index >= 15 is 0 Å². The van der Waals surface area contributed by atoms with Gasteiger partial charge in [0.2, 0.25) is 11.5 Å². The highest BCUT2D eigenvalue weighted by Crippen LogP contribution is 2.52. The van der Waals surface area contributed by atoms with Crippen molar-refractivity contribution in [1.82, 2.24) is 4.98 Å². The molecule has 5 heteroatoms. The van der Waals surface area contributed by atoms with Crippen molar-refractivity contribution in [2.75, 3.05) is 28.4 Å². The monoisotopic (exact) mass is 287 g/mol. The SMILES string of the molecule is COc1c(OC)c(OC)c2c([nH]c3ccccc32)c1OC. The summed E-state index contributed by atoms with van der Waals surface area (Å²) in [4.78, 5) is 3.36. The summed E-state index contributed by atoms with van der Waals surface area (Å²) in [6.07, 6.45) is 0. The second kappa shape index (κ2) is 5.09. The standard InChI is InChI=1S/C16H17NO4/c1-18-13-11-9-7-5-6-8-10(9)17-12(11)14(19-2)16(21-4)15(13)20-3/h5-8,17H,1-4H3. The zero-order valence-corrected chi connectivity index (χ0v) is 12.4. The Labute approximate surface area is 122 Å². The molecule has 5 nitrogen and oxygen atoms in total. The van der Waals surface area contributed by atoms with Crippen molar-refractivity contribution < 1.29 is 18.9 Å². The summed E-state index contributed by atoms with van der Waals surface area (Å²) in [7, 11) is 6.38. The maximum Gasteiger partial charge on any atom is 0.209 e. The van der Waals surface area contributed by atoms with Crippen molar-refractivity contribution in [3.8, 4) is 23.0 Å². The Morgan fingerprint density at radius 2 is 1.29 bits per heavy atom. The minimum Gasteiger partial charge on any atom is -0.492 e. The van der Waals surface area contributed by atoms with E-state index in [1.54, 1.807) is 28.4 Å². The number of H-pyrrole nitrogens is 1. The number of ether oxygens (including phenoxy) is 4. The average Bonchev–Trinajstić information content (AvgIpc) is 2.91. The van der Waals surface area contributed by atoms with Crippen molar-refractivity contribution in [1.29, 1.82) is 0 Å². The maximum atomic E-state index is 5.58. The van der Waals surface area contributed by atoms with Gasteiger partial charge >= 0.3 is 0 Å². The highest BCUT2D eigenvalue weighted by atomic mass is 16.5. The molecule has 0 atom stereocenters. The molecular weight excluding hydrogens is 270 g/mol. The molecule has 0 amide bonds. The predicted octanol–water partition coefficient (Wildman–Crippen LogP) is 3.36. The minimum absolute atomic E-state index is 0.510. The molecule has 0 saturated heterocycles. The summed E-state index contributed by atoms with van der Waals surface area (Å²) in [5.41, 5.74) is 1.83. The van der Waals surface area contributed by atoms with Crippen LogP contribution in [0.1, 0.15) is 0 Å². The van der Waals surface area contributed by atoms with Gasteiger partial charge in [0.1, 0.15) is 0 Å². The fraction of sp³-hybridized carbons (Fsp3) is 0.250. The summed E-state index contributed by atoms with van der Waals surface area (Å²) >= 11 is 0. The molecule has 3 rings (SSSR count). The van der Waals surface area contributed by atoms with Crippen LogP contribution in [0.3, 0.4) is 0 Å². The zero-order valence-electron chi connectivity index (χ0n) is 12.4. The first-order valence-electron chi connectivity index (χ1n) is 6.53. The number of para-hydroxylation sites is 1. The molecule has 0 saturated carbocycles. The van der Waals surface area contributed by atoms with Crippen LogP contribution in [0.5, 0.6) is 23.0 Å². The lowest BCUT2D eigenvalue weighted by atomic mass is 10.1. The van der Waals surface area contributed by atoms with Gasteiger partial charge in [-0.05, 0) is 6.07 Å². The molecule has 0 aliphatic heterocycles. The van der Waals surface area contributed by atoms with Crippen LogP contribution in [-0.4, -0.2) is 33.4 Å². The largest absolute Gasteiger partial charge is 0.492 e. The number of aromatic nitrogens is 1. The van der Waals surface area contributed by atoms with Crippen LogP contribution in [-0.2, 0) is 0 Å². The molecule has 0 unspecified atom stereocenters. The molecule has 0 spiro atoms. The van der Waals surface area contributed by atoms with Crippen LogP contribution in [0.15, 0.2) is 24.3 Å². The lowest BCUT2D eigenvalue weighted by Crippen LogP contribution is -1.99. The number of nitrogens with one attached hydrogen (secondary N) is 1. The smallest absolute Gasteiger partial charge is 0.209 e. The lowest BCUT2D eigenvalue weighted by Gasteiger charge is -2.16. The first-order chi connectivity index (χ1) is 10.3. The number of rotatable bonds is 4. The van der Waals surface area contributed by atoms with E-state index in [0.717, 1.165) is 21.8 Å². The Morgan fingerprint density at radius 1 is 0.714 bits per heavy atom. The number of methoxy groups -OCH3 is 4. The van der Waals surface area contributed by atoms with Gasteiger partial charge in [-0.3, -0.25) is 0 Å². The molecule has 1 aromatic heterocycles. The van der Waals surface area contributed by atoms with Gasteiger partial charge in [-0.15, -0.1) is 0 Å². The first-order valence-corrected chi connectivity index (χ1v) is 6.53. The summed E-state index contributed by atoms with van der Waals surface area (Å²) in [6.45, 7) is 0. The van der Waals surface area contributed by atoms with Gasteiger partial charge in [-0.25, -0.2) is 0 Å². The van der Waals surface area contributed by atoms with E-state index in [4.69, 9.17) is 18.9 Å². The molecule has 0 aliphatic rings. The third-order valence-electron chi connectivity index (χ3n) is 3.60. The number of benzene rings is 2. The number of hydrogen-bond donors (Lipinski definition) is 1. The Morgan fingerprint density at radius 3 is 1.90 bits per heavy atom. The minimum atomic E-state index is 0.510. The second-order valence-corrected chi connectivity index (χ2v) is 4.55. The molecule has 21 heavy (non-hydrogen) atoms. The van der Waals surface area contributed by atoms with Gasteiger partial charge in [0.05, 0.1) is 39.3 Å². The van der Waals surface area contributed by atoms with E-state index in [1.165, 1.54) is 0 Å². The molecule has 1 N–H and O–H groups in total. The number of hydrogen-bond acceptors (Lipinski definition) is 4. The van der Waals surface area contributed by atoms with E-state index in [-0.39, 0.29) is 0 Å². The Bertz CT molecular complexity index is 807.